The highest BCUT2D eigenvalue weighted by Gasteiger charge is 2.24. The summed E-state index contributed by atoms with van der Waals surface area (Å²) in [6.45, 7) is 1.21. The van der Waals surface area contributed by atoms with Gasteiger partial charge in [-0.15, -0.1) is 0 Å². The van der Waals surface area contributed by atoms with Gasteiger partial charge in [0.15, 0.2) is 5.69 Å². The molecule has 2 heterocycles. The average Bonchev–Trinajstić information content (AvgIpc) is 3.26. The van der Waals surface area contributed by atoms with Gasteiger partial charge in [-0.05, 0) is 43.4 Å². The molecule has 1 aromatic carbocycles. The van der Waals surface area contributed by atoms with Gasteiger partial charge in [0.25, 0.3) is 5.91 Å². The number of amides is 2. The van der Waals surface area contributed by atoms with E-state index < -0.39 is 0 Å². The van der Waals surface area contributed by atoms with E-state index in [-0.39, 0.29) is 11.8 Å². The molecule has 2 aromatic rings. The Morgan fingerprint density at radius 2 is 1.92 bits per heavy atom. The van der Waals surface area contributed by atoms with Crippen molar-refractivity contribution < 1.29 is 14.1 Å². The normalized spacial score (nSPS) is 16.8. The highest BCUT2D eigenvalue weighted by atomic mass is 16.5. The lowest BCUT2D eigenvalue weighted by Crippen LogP contribution is -2.25. The van der Waals surface area contributed by atoms with Gasteiger partial charge < -0.3 is 14.7 Å². The fraction of sp³-hybridized carbons (Fsp3) is 0.421. The minimum absolute atomic E-state index is 0.178. The summed E-state index contributed by atoms with van der Waals surface area (Å²) < 4.78 is 5.29. The van der Waals surface area contributed by atoms with Crippen LogP contribution in [-0.2, 0) is 24.2 Å². The molecule has 25 heavy (non-hydrogen) atoms. The smallest absolute Gasteiger partial charge is 0.274 e. The van der Waals surface area contributed by atoms with Gasteiger partial charge in [0, 0.05) is 37.2 Å². The summed E-state index contributed by atoms with van der Waals surface area (Å²) in [7, 11) is 0. The lowest BCUT2D eigenvalue weighted by Gasteiger charge is -2.16. The van der Waals surface area contributed by atoms with Crippen molar-refractivity contribution in [2.45, 2.75) is 45.1 Å². The summed E-state index contributed by atoms with van der Waals surface area (Å²) in [6, 6.07) is 7.75. The fourth-order valence-corrected chi connectivity index (χ4v) is 3.54. The number of carbonyl (C=O) groups is 2. The van der Waals surface area contributed by atoms with Crippen molar-refractivity contribution >= 4 is 17.5 Å². The first-order chi connectivity index (χ1) is 12.2. The predicted octanol–water partition coefficient (Wildman–Crippen LogP) is 2.61. The summed E-state index contributed by atoms with van der Waals surface area (Å²) in [5.41, 5.74) is 3.30. The van der Waals surface area contributed by atoms with Crippen LogP contribution in [0.1, 0.15) is 53.1 Å². The number of benzene rings is 1. The van der Waals surface area contributed by atoms with E-state index >= 15 is 0 Å². The van der Waals surface area contributed by atoms with E-state index in [1.165, 1.54) is 0 Å². The Balaban J connectivity index is 1.39. The van der Waals surface area contributed by atoms with Gasteiger partial charge in [-0.1, -0.05) is 17.3 Å². The molecule has 0 radical (unpaired) electrons. The zero-order valence-corrected chi connectivity index (χ0v) is 14.1. The molecular weight excluding hydrogens is 318 g/mol. The van der Waals surface area contributed by atoms with Gasteiger partial charge in [-0.3, -0.25) is 9.59 Å². The van der Waals surface area contributed by atoms with Crippen molar-refractivity contribution in [2.75, 3.05) is 11.4 Å². The molecule has 6 heteroatoms. The second-order valence-electron chi connectivity index (χ2n) is 6.64. The largest absolute Gasteiger partial charge is 0.360 e. The molecule has 2 aliphatic rings. The molecule has 1 N–H and O–H groups in total. The molecular formula is C19H21N3O3. The van der Waals surface area contributed by atoms with E-state index in [1.54, 1.807) is 0 Å². The first-order valence-corrected chi connectivity index (χ1v) is 8.87. The van der Waals surface area contributed by atoms with Gasteiger partial charge in [-0.25, -0.2) is 0 Å². The van der Waals surface area contributed by atoms with E-state index in [4.69, 9.17) is 4.52 Å². The van der Waals surface area contributed by atoms with Crippen molar-refractivity contribution in [3.63, 3.8) is 0 Å². The molecule has 0 bridgehead atoms. The maximum absolute atomic E-state index is 12.4. The number of rotatable bonds is 4. The lowest BCUT2D eigenvalue weighted by atomic mass is 9.96. The zero-order valence-electron chi connectivity index (χ0n) is 14.1. The number of aryl methyl sites for hydroxylation is 1. The Bertz CT molecular complexity index is 795. The second kappa shape index (κ2) is 6.70. The van der Waals surface area contributed by atoms with Gasteiger partial charge in [-0.2, -0.15) is 0 Å². The molecule has 0 saturated carbocycles. The zero-order chi connectivity index (χ0) is 17.2. The van der Waals surface area contributed by atoms with E-state index in [0.717, 1.165) is 61.2 Å². The Labute approximate surface area is 146 Å². The summed E-state index contributed by atoms with van der Waals surface area (Å²) in [4.78, 5) is 26.0. The highest BCUT2D eigenvalue weighted by molar-refractivity contribution is 5.95. The van der Waals surface area contributed by atoms with Crippen LogP contribution in [0.15, 0.2) is 28.8 Å². The summed E-state index contributed by atoms with van der Waals surface area (Å²) in [6.07, 6.45) is 5.44. The molecule has 6 nitrogen and oxygen atoms in total. The minimum atomic E-state index is -0.189. The number of carbonyl (C=O) groups excluding carboxylic acids is 2. The molecule has 4 rings (SSSR count). The van der Waals surface area contributed by atoms with Crippen LogP contribution in [0.4, 0.5) is 5.69 Å². The molecule has 130 valence electrons. The Morgan fingerprint density at radius 1 is 1.12 bits per heavy atom. The molecule has 1 aliphatic heterocycles. The molecule has 2 amide bonds. The van der Waals surface area contributed by atoms with E-state index in [0.29, 0.717) is 18.7 Å². The lowest BCUT2D eigenvalue weighted by molar-refractivity contribution is -0.117. The number of fused-ring (bicyclic) bond motifs is 1. The second-order valence-corrected chi connectivity index (χ2v) is 6.64. The number of nitrogens with zero attached hydrogens (tertiary/aromatic N) is 2. The molecule has 1 aliphatic carbocycles. The molecule has 1 fully saturated rings. The number of nitrogens with one attached hydrogen (secondary N) is 1. The monoisotopic (exact) mass is 339 g/mol. The van der Waals surface area contributed by atoms with Crippen LogP contribution in [0, 0.1) is 0 Å². The number of anilines is 1. The molecule has 1 saturated heterocycles. The molecule has 0 spiro atoms. The van der Waals surface area contributed by atoms with Gasteiger partial charge >= 0.3 is 0 Å². The van der Waals surface area contributed by atoms with E-state index in [9.17, 15) is 9.59 Å². The standard InChI is InChI=1S/C19H21N3O3/c23-17-6-3-11-22(17)14-9-7-13(8-10-14)12-20-19(24)18-15-4-1-2-5-16(15)25-21-18/h7-10H,1-6,11-12H2,(H,20,24). The summed E-state index contributed by atoms with van der Waals surface area (Å²) in [5, 5.41) is 6.86. The molecule has 1 aromatic heterocycles. The van der Waals surface area contributed by atoms with Gasteiger partial charge in [0.1, 0.15) is 5.76 Å². The summed E-state index contributed by atoms with van der Waals surface area (Å²) >= 11 is 0. The first kappa shape index (κ1) is 15.9. The Kier molecular flexibility index (Phi) is 4.26. The van der Waals surface area contributed by atoms with E-state index in [2.05, 4.69) is 10.5 Å². The van der Waals surface area contributed by atoms with Crippen molar-refractivity contribution in [1.82, 2.24) is 10.5 Å². The maximum atomic E-state index is 12.4. The van der Waals surface area contributed by atoms with Gasteiger partial charge in [0.05, 0.1) is 0 Å². The van der Waals surface area contributed by atoms with Crippen LogP contribution in [0.25, 0.3) is 0 Å². The first-order valence-electron chi connectivity index (χ1n) is 8.87. The average molecular weight is 339 g/mol. The van der Waals surface area contributed by atoms with Crippen molar-refractivity contribution in [2.24, 2.45) is 0 Å². The predicted molar refractivity (Wildman–Crippen MR) is 92.3 cm³/mol. The Hall–Kier alpha value is -2.63. The third kappa shape index (κ3) is 3.16. The maximum Gasteiger partial charge on any atom is 0.274 e. The minimum Gasteiger partial charge on any atom is -0.360 e. The number of hydrogen-bond donors (Lipinski definition) is 1. The topological polar surface area (TPSA) is 75.4 Å². The Morgan fingerprint density at radius 3 is 2.68 bits per heavy atom. The van der Waals surface area contributed by atoms with Crippen LogP contribution in [-0.4, -0.2) is 23.5 Å². The summed E-state index contributed by atoms with van der Waals surface area (Å²) in [5.74, 6) is 0.846. The molecule has 0 unspecified atom stereocenters. The van der Waals surface area contributed by atoms with Crippen LogP contribution in [0.5, 0.6) is 0 Å². The van der Waals surface area contributed by atoms with Crippen LogP contribution in [0.3, 0.4) is 0 Å². The van der Waals surface area contributed by atoms with Crippen molar-refractivity contribution in [3.8, 4) is 0 Å². The SMILES string of the molecule is O=C(NCc1ccc(N2CCCC2=O)cc1)c1noc2c1CCCC2. The van der Waals surface area contributed by atoms with Gasteiger partial charge in [0.2, 0.25) is 5.91 Å². The molecule has 0 atom stereocenters. The van der Waals surface area contributed by atoms with Crippen LogP contribution in [0.2, 0.25) is 0 Å². The third-order valence-corrected chi connectivity index (χ3v) is 4.94. The van der Waals surface area contributed by atoms with Crippen molar-refractivity contribution in [1.29, 1.82) is 0 Å². The van der Waals surface area contributed by atoms with Crippen LogP contribution >= 0.6 is 0 Å². The van der Waals surface area contributed by atoms with E-state index in [1.807, 2.05) is 29.2 Å². The highest BCUT2D eigenvalue weighted by Crippen LogP contribution is 2.24. The number of hydrogen-bond acceptors (Lipinski definition) is 4. The quantitative estimate of drug-likeness (QED) is 0.929. The number of aromatic nitrogens is 1. The van der Waals surface area contributed by atoms with Crippen LogP contribution < -0.4 is 10.2 Å². The fourth-order valence-electron chi connectivity index (χ4n) is 3.54. The van der Waals surface area contributed by atoms with Crippen molar-refractivity contribution in [3.05, 3.63) is 46.8 Å². The third-order valence-electron chi connectivity index (χ3n) is 4.94.